The van der Waals surface area contributed by atoms with E-state index in [-0.39, 0.29) is 11.8 Å². The monoisotopic (exact) mass is 368 g/mol. The van der Waals surface area contributed by atoms with E-state index in [4.69, 9.17) is 0 Å². The van der Waals surface area contributed by atoms with E-state index in [2.05, 4.69) is 41.8 Å². The molecular formula is C23H32N2O2. The Morgan fingerprint density at radius 2 is 1.44 bits per heavy atom. The minimum Gasteiger partial charge on any atom is -0.352 e. The van der Waals surface area contributed by atoms with Crippen LogP contribution in [-0.2, 0) is 17.8 Å². The van der Waals surface area contributed by atoms with E-state index in [1.165, 1.54) is 11.1 Å². The van der Waals surface area contributed by atoms with Crippen molar-refractivity contribution in [3.63, 3.8) is 0 Å². The maximum atomic E-state index is 11.9. The normalized spacial score (nSPS) is 9.78. The maximum absolute atomic E-state index is 11.9. The number of rotatable bonds is 8. The number of nitrogens with one attached hydrogen (secondary N) is 2. The van der Waals surface area contributed by atoms with Gasteiger partial charge in [0.25, 0.3) is 5.91 Å². The zero-order valence-corrected chi connectivity index (χ0v) is 17.0. The van der Waals surface area contributed by atoms with Crippen LogP contribution in [0.5, 0.6) is 0 Å². The smallest absolute Gasteiger partial charge is 0.251 e. The Labute approximate surface area is 163 Å². The van der Waals surface area contributed by atoms with Crippen LogP contribution < -0.4 is 10.6 Å². The summed E-state index contributed by atoms with van der Waals surface area (Å²) in [6, 6.07) is 15.7. The van der Waals surface area contributed by atoms with Crippen molar-refractivity contribution in [2.75, 3.05) is 6.54 Å². The van der Waals surface area contributed by atoms with Gasteiger partial charge < -0.3 is 10.6 Å². The number of hydrogen-bond donors (Lipinski definition) is 2. The molecule has 0 atom stereocenters. The molecule has 2 aromatic carbocycles. The van der Waals surface area contributed by atoms with Gasteiger partial charge in [-0.1, -0.05) is 55.8 Å². The number of carbonyl (C=O) groups is 2. The quantitative estimate of drug-likeness (QED) is 0.725. The van der Waals surface area contributed by atoms with E-state index >= 15 is 0 Å². The second kappa shape index (κ2) is 12.7. The molecule has 0 aliphatic rings. The SMILES string of the molecule is CC.CCNC(=O)c1ccc(CNC(=O)CCCc2ccc(C)cc2)cc1. The number of carbonyl (C=O) groups excluding carboxylic acids is 2. The van der Waals surface area contributed by atoms with Crippen LogP contribution in [0.3, 0.4) is 0 Å². The van der Waals surface area contributed by atoms with Crippen molar-refractivity contribution >= 4 is 11.8 Å². The van der Waals surface area contributed by atoms with Crippen molar-refractivity contribution in [2.24, 2.45) is 0 Å². The van der Waals surface area contributed by atoms with Gasteiger partial charge in [0.15, 0.2) is 0 Å². The molecule has 0 aliphatic heterocycles. The molecule has 2 amide bonds. The van der Waals surface area contributed by atoms with E-state index in [1.54, 1.807) is 12.1 Å². The van der Waals surface area contributed by atoms with Crippen LogP contribution in [0.25, 0.3) is 0 Å². The van der Waals surface area contributed by atoms with Crippen molar-refractivity contribution in [1.82, 2.24) is 10.6 Å². The standard InChI is InChI=1S/C21H26N2O2.C2H6/c1-3-22-21(25)19-13-11-18(12-14-19)15-23-20(24)6-4-5-17-9-7-16(2)8-10-17;1-2/h7-14H,3-6,15H2,1-2H3,(H,22,25)(H,23,24);1-2H3. The Morgan fingerprint density at radius 3 is 2.04 bits per heavy atom. The van der Waals surface area contributed by atoms with Crippen LogP contribution in [0.15, 0.2) is 48.5 Å². The minimum atomic E-state index is -0.0748. The van der Waals surface area contributed by atoms with Crippen molar-refractivity contribution < 1.29 is 9.59 Å². The summed E-state index contributed by atoms with van der Waals surface area (Å²) in [5.41, 5.74) is 4.13. The highest BCUT2D eigenvalue weighted by atomic mass is 16.2. The largest absolute Gasteiger partial charge is 0.352 e. The molecule has 0 radical (unpaired) electrons. The number of aryl methyl sites for hydroxylation is 2. The van der Waals surface area contributed by atoms with Gasteiger partial charge in [-0.3, -0.25) is 9.59 Å². The van der Waals surface area contributed by atoms with Gasteiger partial charge in [-0.15, -0.1) is 0 Å². The highest BCUT2D eigenvalue weighted by molar-refractivity contribution is 5.94. The molecule has 0 bridgehead atoms. The molecule has 4 heteroatoms. The molecular weight excluding hydrogens is 336 g/mol. The van der Waals surface area contributed by atoms with Gasteiger partial charge >= 0.3 is 0 Å². The molecule has 0 aliphatic carbocycles. The van der Waals surface area contributed by atoms with E-state index < -0.39 is 0 Å². The first kappa shape index (κ1) is 22.4. The lowest BCUT2D eigenvalue weighted by atomic mass is 10.1. The molecule has 0 fully saturated rings. The van der Waals surface area contributed by atoms with Gasteiger partial charge in [-0.25, -0.2) is 0 Å². The summed E-state index contributed by atoms with van der Waals surface area (Å²) >= 11 is 0. The molecule has 27 heavy (non-hydrogen) atoms. The second-order valence-electron chi connectivity index (χ2n) is 6.17. The molecule has 0 saturated carbocycles. The van der Waals surface area contributed by atoms with Crippen molar-refractivity contribution in [3.05, 3.63) is 70.8 Å². The molecule has 0 aromatic heterocycles. The van der Waals surface area contributed by atoms with Gasteiger partial charge in [0.05, 0.1) is 0 Å². The Morgan fingerprint density at radius 1 is 0.852 bits per heavy atom. The molecule has 0 unspecified atom stereocenters. The van der Waals surface area contributed by atoms with Crippen LogP contribution in [0, 0.1) is 6.92 Å². The lowest BCUT2D eigenvalue weighted by Crippen LogP contribution is -2.23. The highest BCUT2D eigenvalue weighted by Crippen LogP contribution is 2.08. The third-order valence-electron chi connectivity index (χ3n) is 4.03. The summed E-state index contributed by atoms with van der Waals surface area (Å²) in [4.78, 5) is 23.6. The van der Waals surface area contributed by atoms with Crippen LogP contribution in [0.1, 0.15) is 60.7 Å². The lowest BCUT2D eigenvalue weighted by molar-refractivity contribution is -0.121. The zero-order valence-electron chi connectivity index (χ0n) is 17.0. The third kappa shape index (κ3) is 8.54. The molecule has 0 spiro atoms. The van der Waals surface area contributed by atoms with Crippen LogP contribution in [0.4, 0.5) is 0 Å². The average molecular weight is 369 g/mol. The summed E-state index contributed by atoms with van der Waals surface area (Å²) in [5.74, 6) is -0.0193. The van der Waals surface area contributed by atoms with Gasteiger partial charge in [-0.05, 0) is 49.9 Å². The molecule has 4 nitrogen and oxygen atoms in total. The first-order chi connectivity index (χ1) is 13.1. The van der Waals surface area contributed by atoms with E-state index in [1.807, 2.05) is 32.9 Å². The Hall–Kier alpha value is -2.62. The predicted octanol–water partition coefficient (Wildman–Crippen LogP) is 4.41. The lowest BCUT2D eigenvalue weighted by Gasteiger charge is -2.07. The molecule has 2 rings (SSSR count). The molecule has 0 saturated heterocycles. The predicted molar refractivity (Wildman–Crippen MR) is 112 cm³/mol. The van der Waals surface area contributed by atoms with E-state index in [0.717, 1.165) is 18.4 Å². The first-order valence-electron chi connectivity index (χ1n) is 9.78. The summed E-state index contributed by atoms with van der Waals surface area (Å²) in [7, 11) is 0. The summed E-state index contributed by atoms with van der Waals surface area (Å²) < 4.78 is 0. The fourth-order valence-electron chi connectivity index (χ4n) is 2.53. The van der Waals surface area contributed by atoms with Gasteiger partial charge in [0, 0.05) is 25.1 Å². The fraction of sp³-hybridized carbons (Fsp3) is 0.391. The summed E-state index contributed by atoms with van der Waals surface area (Å²) in [6.07, 6.45) is 2.27. The average Bonchev–Trinajstić information content (AvgIpc) is 2.70. The number of hydrogen-bond acceptors (Lipinski definition) is 2. The topological polar surface area (TPSA) is 58.2 Å². The van der Waals surface area contributed by atoms with Crippen molar-refractivity contribution in [2.45, 2.75) is 53.5 Å². The zero-order chi connectivity index (χ0) is 20.1. The van der Waals surface area contributed by atoms with Crippen LogP contribution in [0.2, 0.25) is 0 Å². The molecule has 0 heterocycles. The van der Waals surface area contributed by atoms with Gasteiger partial charge in [0.2, 0.25) is 5.91 Å². The Bertz CT molecular complexity index is 691. The highest BCUT2D eigenvalue weighted by Gasteiger charge is 2.05. The summed E-state index contributed by atoms with van der Waals surface area (Å²) in [5, 5.41) is 5.69. The second-order valence-corrected chi connectivity index (χ2v) is 6.17. The van der Waals surface area contributed by atoms with Gasteiger partial charge in [-0.2, -0.15) is 0 Å². The van der Waals surface area contributed by atoms with Gasteiger partial charge in [0.1, 0.15) is 0 Å². The van der Waals surface area contributed by atoms with E-state index in [9.17, 15) is 9.59 Å². The Balaban J connectivity index is 0.00000176. The first-order valence-corrected chi connectivity index (χ1v) is 9.78. The maximum Gasteiger partial charge on any atom is 0.251 e. The molecule has 2 N–H and O–H groups in total. The third-order valence-corrected chi connectivity index (χ3v) is 4.03. The summed E-state index contributed by atoms with van der Waals surface area (Å²) in [6.45, 7) is 9.05. The van der Waals surface area contributed by atoms with Crippen molar-refractivity contribution in [1.29, 1.82) is 0 Å². The number of amides is 2. The minimum absolute atomic E-state index is 0.0555. The van der Waals surface area contributed by atoms with E-state index in [0.29, 0.717) is 25.1 Å². The number of benzene rings is 2. The fourth-order valence-corrected chi connectivity index (χ4v) is 2.53. The van der Waals surface area contributed by atoms with Crippen LogP contribution >= 0.6 is 0 Å². The van der Waals surface area contributed by atoms with Crippen LogP contribution in [-0.4, -0.2) is 18.4 Å². The molecule has 2 aromatic rings. The van der Waals surface area contributed by atoms with Crippen molar-refractivity contribution in [3.8, 4) is 0 Å². The molecule has 146 valence electrons. The Kier molecular flexibility index (Phi) is 10.5.